The van der Waals surface area contributed by atoms with E-state index in [9.17, 15) is 9.59 Å². The van der Waals surface area contributed by atoms with Gasteiger partial charge < -0.3 is 10.2 Å². The Balaban J connectivity index is 2.11. The molecule has 1 N–H and O–H groups in total. The number of hydrogen-bond donors (Lipinski definition) is 1. The van der Waals surface area contributed by atoms with Gasteiger partial charge in [-0.2, -0.15) is 0 Å². The van der Waals surface area contributed by atoms with Gasteiger partial charge in [-0.1, -0.05) is 66.6 Å². The maximum absolute atomic E-state index is 13.2. The first kappa shape index (κ1) is 24.0. The number of rotatable bonds is 10. The molecule has 2 aromatic carbocycles. The van der Waals surface area contributed by atoms with Crippen LogP contribution < -0.4 is 5.32 Å². The SMILES string of the molecule is CC[C@@H](C(=O)NC(C)C)N(Cc1ccc(C)cc1)C(=O)CSCc1ccc(C)cc1. The number of thioether (sulfide) groups is 1. The highest BCUT2D eigenvalue weighted by Crippen LogP contribution is 2.18. The number of amides is 2. The van der Waals surface area contributed by atoms with E-state index in [4.69, 9.17) is 0 Å². The Morgan fingerprint density at radius 3 is 1.97 bits per heavy atom. The molecule has 0 aliphatic rings. The van der Waals surface area contributed by atoms with Crippen LogP contribution in [0.4, 0.5) is 0 Å². The summed E-state index contributed by atoms with van der Waals surface area (Å²) in [6, 6.07) is 16.1. The molecule has 5 heteroatoms. The number of carbonyl (C=O) groups excluding carboxylic acids is 2. The highest BCUT2D eigenvalue weighted by atomic mass is 32.2. The lowest BCUT2D eigenvalue weighted by molar-refractivity contribution is -0.139. The summed E-state index contributed by atoms with van der Waals surface area (Å²) in [6.07, 6.45) is 0.582. The van der Waals surface area contributed by atoms with Gasteiger partial charge in [0.25, 0.3) is 0 Å². The van der Waals surface area contributed by atoms with Crippen molar-refractivity contribution >= 4 is 23.6 Å². The number of nitrogens with one attached hydrogen (secondary N) is 1. The summed E-state index contributed by atoms with van der Waals surface area (Å²) < 4.78 is 0. The number of carbonyl (C=O) groups is 2. The average Bonchev–Trinajstić information content (AvgIpc) is 2.70. The molecule has 0 spiro atoms. The van der Waals surface area contributed by atoms with Crippen molar-refractivity contribution < 1.29 is 9.59 Å². The van der Waals surface area contributed by atoms with Gasteiger partial charge in [0.05, 0.1) is 5.75 Å². The second-order valence-electron chi connectivity index (χ2n) is 8.07. The molecule has 0 aromatic heterocycles. The molecule has 0 aliphatic heterocycles. The highest BCUT2D eigenvalue weighted by molar-refractivity contribution is 7.99. The highest BCUT2D eigenvalue weighted by Gasteiger charge is 2.28. The van der Waals surface area contributed by atoms with Crippen LogP contribution in [0.15, 0.2) is 48.5 Å². The normalized spacial score (nSPS) is 11.9. The third kappa shape index (κ3) is 7.52. The van der Waals surface area contributed by atoms with Gasteiger partial charge in [0.15, 0.2) is 0 Å². The lowest BCUT2D eigenvalue weighted by Gasteiger charge is -2.31. The van der Waals surface area contributed by atoms with Crippen molar-refractivity contribution in [3.63, 3.8) is 0 Å². The first-order valence-corrected chi connectivity index (χ1v) is 11.7. The maximum atomic E-state index is 13.2. The van der Waals surface area contributed by atoms with Gasteiger partial charge in [-0.25, -0.2) is 0 Å². The van der Waals surface area contributed by atoms with Crippen LogP contribution in [0.3, 0.4) is 0 Å². The monoisotopic (exact) mass is 426 g/mol. The van der Waals surface area contributed by atoms with Gasteiger partial charge in [-0.15, -0.1) is 11.8 Å². The topological polar surface area (TPSA) is 49.4 Å². The van der Waals surface area contributed by atoms with Crippen LogP contribution in [0.1, 0.15) is 49.4 Å². The van der Waals surface area contributed by atoms with Crippen LogP contribution in [0.2, 0.25) is 0 Å². The van der Waals surface area contributed by atoms with E-state index in [1.165, 1.54) is 16.7 Å². The Bertz CT molecular complexity index is 816. The van der Waals surface area contributed by atoms with E-state index in [1.807, 2.05) is 52.0 Å². The van der Waals surface area contributed by atoms with Crippen LogP contribution in [0.5, 0.6) is 0 Å². The predicted molar refractivity (Wildman–Crippen MR) is 126 cm³/mol. The zero-order chi connectivity index (χ0) is 22.1. The van der Waals surface area contributed by atoms with Crippen LogP contribution in [0.25, 0.3) is 0 Å². The molecule has 1 atom stereocenters. The van der Waals surface area contributed by atoms with E-state index in [0.717, 1.165) is 11.3 Å². The fourth-order valence-electron chi connectivity index (χ4n) is 3.21. The van der Waals surface area contributed by atoms with Crippen LogP contribution >= 0.6 is 11.8 Å². The summed E-state index contributed by atoms with van der Waals surface area (Å²) in [5.74, 6) is 1.04. The molecule has 162 valence electrons. The average molecular weight is 427 g/mol. The molecule has 30 heavy (non-hydrogen) atoms. The molecule has 2 aromatic rings. The fourth-order valence-corrected chi connectivity index (χ4v) is 4.08. The molecular weight excluding hydrogens is 392 g/mol. The first-order valence-electron chi connectivity index (χ1n) is 10.6. The number of benzene rings is 2. The largest absolute Gasteiger partial charge is 0.352 e. The molecule has 0 fully saturated rings. The second kappa shape index (κ2) is 11.8. The molecule has 0 unspecified atom stereocenters. The van der Waals surface area contributed by atoms with Crippen molar-refractivity contribution in [2.24, 2.45) is 0 Å². The van der Waals surface area contributed by atoms with Crippen LogP contribution in [0, 0.1) is 13.8 Å². The van der Waals surface area contributed by atoms with Crippen LogP contribution in [-0.4, -0.2) is 34.6 Å². The minimum atomic E-state index is -0.471. The Kier molecular flexibility index (Phi) is 9.44. The van der Waals surface area contributed by atoms with E-state index in [-0.39, 0.29) is 17.9 Å². The summed E-state index contributed by atoms with van der Waals surface area (Å²) >= 11 is 1.59. The van der Waals surface area contributed by atoms with Gasteiger partial charge in [0, 0.05) is 18.3 Å². The molecular formula is C25H34N2O2S. The van der Waals surface area contributed by atoms with Crippen molar-refractivity contribution in [1.82, 2.24) is 10.2 Å². The summed E-state index contributed by atoms with van der Waals surface area (Å²) in [6.45, 7) is 10.4. The zero-order valence-corrected chi connectivity index (χ0v) is 19.6. The smallest absolute Gasteiger partial charge is 0.243 e. The van der Waals surface area contributed by atoms with Gasteiger partial charge >= 0.3 is 0 Å². The molecule has 0 saturated heterocycles. The summed E-state index contributed by atoms with van der Waals surface area (Å²) in [7, 11) is 0. The summed E-state index contributed by atoms with van der Waals surface area (Å²) in [5, 5.41) is 2.97. The minimum Gasteiger partial charge on any atom is -0.352 e. The number of nitrogens with zero attached hydrogens (tertiary/aromatic N) is 1. The molecule has 4 nitrogen and oxygen atoms in total. The van der Waals surface area contributed by atoms with Gasteiger partial charge in [0.1, 0.15) is 6.04 Å². The van der Waals surface area contributed by atoms with Crippen molar-refractivity contribution in [3.05, 3.63) is 70.8 Å². The second-order valence-corrected chi connectivity index (χ2v) is 9.06. The lowest BCUT2D eigenvalue weighted by atomic mass is 10.1. The molecule has 0 radical (unpaired) electrons. The lowest BCUT2D eigenvalue weighted by Crippen LogP contribution is -2.50. The van der Waals surface area contributed by atoms with E-state index in [1.54, 1.807) is 16.7 Å². The Hall–Kier alpha value is -2.27. The van der Waals surface area contributed by atoms with Gasteiger partial charge in [-0.3, -0.25) is 9.59 Å². The summed E-state index contributed by atoms with van der Waals surface area (Å²) in [5.41, 5.74) is 4.64. The van der Waals surface area contributed by atoms with E-state index < -0.39 is 6.04 Å². The first-order chi connectivity index (χ1) is 14.3. The summed E-state index contributed by atoms with van der Waals surface area (Å²) in [4.78, 5) is 27.7. The van der Waals surface area contributed by atoms with E-state index >= 15 is 0 Å². The van der Waals surface area contributed by atoms with Crippen molar-refractivity contribution in [2.75, 3.05) is 5.75 Å². The van der Waals surface area contributed by atoms with Gasteiger partial charge in [-0.05, 0) is 45.2 Å². The molecule has 0 heterocycles. The molecule has 2 amide bonds. The Morgan fingerprint density at radius 2 is 1.47 bits per heavy atom. The number of aryl methyl sites for hydroxylation is 2. The quantitative estimate of drug-likeness (QED) is 0.590. The maximum Gasteiger partial charge on any atom is 0.243 e. The van der Waals surface area contributed by atoms with E-state index in [2.05, 4.69) is 36.5 Å². The Labute approximate surface area is 185 Å². The van der Waals surface area contributed by atoms with Crippen LogP contribution in [-0.2, 0) is 21.9 Å². The molecule has 0 saturated carbocycles. The molecule has 2 rings (SSSR count). The van der Waals surface area contributed by atoms with Gasteiger partial charge in [0.2, 0.25) is 11.8 Å². The number of hydrogen-bond acceptors (Lipinski definition) is 3. The third-order valence-corrected chi connectivity index (χ3v) is 5.89. The predicted octanol–water partition coefficient (Wildman–Crippen LogP) is 4.87. The standard InChI is InChI=1S/C25H34N2O2S/c1-6-23(25(29)26-18(2)3)27(15-21-11-7-19(4)8-12-21)24(28)17-30-16-22-13-9-20(5)10-14-22/h7-14,18,23H,6,15-17H2,1-5H3,(H,26,29)/t23-/m0/s1. The zero-order valence-electron chi connectivity index (χ0n) is 18.8. The Morgan fingerprint density at radius 1 is 0.933 bits per heavy atom. The van der Waals surface area contributed by atoms with Crippen molar-refractivity contribution in [3.8, 4) is 0 Å². The third-order valence-electron chi connectivity index (χ3n) is 4.91. The van der Waals surface area contributed by atoms with Crippen molar-refractivity contribution in [1.29, 1.82) is 0 Å². The fraction of sp³-hybridized carbons (Fsp3) is 0.440. The molecule has 0 bridgehead atoms. The van der Waals surface area contributed by atoms with E-state index in [0.29, 0.717) is 18.7 Å². The van der Waals surface area contributed by atoms with Crippen molar-refractivity contribution in [2.45, 2.75) is 65.4 Å². The minimum absolute atomic E-state index is 0.00144. The molecule has 0 aliphatic carbocycles.